The number of ether oxygens (including phenoxy) is 2. The number of nitrogens with two attached hydrogens (primary N) is 1. The van der Waals surface area contributed by atoms with Gasteiger partial charge in [0.15, 0.2) is 11.5 Å². The molecule has 0 radical (unpaired) electrons. The maximum Gasteiger partial charge on any atom is 0.162 e. The Morgan fingerprint density at radius 2 is 2.12 bits per heavy atom. The zero-order chi connectivity index (χ0) is 12.1. The van der Waals surface area contributed by atoms with Crippen molar-refractivity contribution in [3.05, 3.63) is 18.2 Å². The predicted molar refractivity (Wildman–Crippen MR) is 66.4 cm³/mol. The second-order valence-electron chi connectivity index (χ2n) is 3.68. The SMILES string of the molecule is N#CC(N)CCSc1ccc2c(c1)OCCO2. The summed E-state index contributed by atoms with van der Waals surface area (Å²) in [6.45, 7) is 1.21. The van der Waals surface area contributed by atoms with Crippen LogP contribution in [-0.2, 0) is 0 Å². The number of nitrogens with zero attached hydrogens (tertiary/aromatic N) is 1. The topological polar surface area (TPSA) is 68.3 Å². The normalized spacial score (nSPS) is 15.1. The van der Waals surface area contributed by atoms with E-state index in [1.807, 2.05) is 24.3 Å². The molecule has 1 aromatic carbocycles. The summed E-state index contributed by atoms with van der Waals surface area (Å²) >= 11 is 1.67. The minimum atomic E-state index is -0.375. The standard InChI is InChI=1S/C12H14N2O2S/c13-8-9(14)3-6-17-10-1-2-11-12(7-10)16-5-4-15-11/h1-2,7,9H,3-6,14H2. The van der Waals surface area contributed by atoms with Gasteiger partial charge in [-0.15, -0.1) is 11.8 Å². The van der Waals surface area contributed by atoms with E-state index >= 15 is 0 Å². The van der Waals surface area contributed by atoms with Gasteiger partial charge >= 0.3 is 0 Å². The lowest BCUT2D eigenvalue weighted by molar-refractivity contribution is 0.171. The number of thioether (sulfide) groups is 1. The number of fused-ring (bicyclic) bond motifs is 1. The summed E-state index contributed by atoms with van der Waals surface area (Å²) in [5.41, 5.74) is 5.53. The molecule has 0 spiro atoms. The molecule has 0 saturated heterocycles. The zero-order valence-electron chi connectivity index (χ0n) is 9.39. The monoisotopic (exact) mass is 250 g/mol. The highest BCUT2D eigenvalue weighted by molar-refractivity contribution is 7.99. The van der Waals surface area contributed by atoms with Gasteiger partial charge in [0, 0.05) is 10.6 Å². The summed E-state index contributed by atoms with van der Waals surface area (Å²) in [4.78, 5) is 1.11. The van der Waals surface area contributed by atoms with E-state index in [0.717, 1.165) is 22.1 Å². The molecule has 5 heteroatoms. The van der Waals surface area contributed by atoms with Crippen LogP contribution in [0.25, 0.3) is 0 Å². The van der Waals surface area contributed by atoms with Crippen molar-refractivity contribution < 1.29 is 9.47 Å². The molecule has 1 unspecified atom stereocenters. The molecule has 1 aromatic rings. The van der Waals surface area contributed by atoms with Gasteiger partial charge in [-0.2, -0.15) is 5.26 Å². The van der Waals surface area contributed by atoms with Gasteiger partial charge in [-0.3, -0.25) is 0 Å². The quantitative estimate of drug-likeness (QED) is 0.825. The summed E-state index contributed by atoms with van der Waals surface area (Å²) < 4.78 is 10.9. The Morgan fingerprint density at radius 1 is 1.35 bits per heavy atom. The Labute approximate surface area is 105 Å². The lowest BCUT2D eigenvalue weighted by Gasteiger charge is -2.18. The van der Waals surface area contributed by atoms with Crippen molar-refractivity contribution in [3.8, 4) is 17.6 Å². The van der Waals surface area contributed by atoms with Gasteiger partial charge in [-0.25, -0.2) is 0 Å². The van der Waals surface area contributed by atoms with Crippen LogP contribution in [0.2, 0.25) is 0 Å². The predicted octanol–water partition coefficient (Wildman–Crippen LogP) is 1.79. The molecule has 0 saturated carbocycles. The van der Waals surface area contributed by atoms with E-state index in [9.17, 15) is 0 Å². The van der Waals surface area contributed by atoms with Crippen molar-refractivity contribution in [2.75, 3.05) is 19.0 Å². The van der Waals surface area contributed by atoms with E-state index in [-0.39, 0.29) is 6.04 Å². The molecule has 0 fully saturated rings. The smallest absolute Gasteiger partial charge is 0.162 e. The van der Waals surface area contributed by atoms with Crippen LogP contribution in [0.3, 0.4) is 0 Å². The molecular formula is C12H14N2O2S. The van der Waals surface area contributed by atoms with Crippen LogP contribution < -0.4 is 15.2 Å². The summed E-state index contributed by atoms with van der Waals surface area (Å²) in [5.74, 6) is 2.43. The van der Waals surface area contributed by atoms with Crippen molar-refractivity contribution in [2.24, 2.45) is 5.73 Å². The summed E-state index contributed by atoms with van der Waals surface area (Å²) in [6.07, 6.45) is 0.690. The fourth-order valence-corrected chi connectivity index (χ4v) is 2.44. The third kappa shape index (κ3) is 3.29. The second kappa shape index (κ2) is 5.80. The van der Waals surface area contributed by atoms with Gasteiger partial charge in [0.2, 0.25) is 0 Å². The van der Waals surface area contributed by atoms with Gasteiger partial charge in [0.25, 0.3) is 0 Å². The Morgan fingerprint density at radius 3 is 2.88 bits per heavy atom. The lowest BCUT2D eigenvalue weighted by Crippen LogP contribution is -2.17. The Balaban J connectivity index is 1.91. The average molecular weight is 250 g/mol. The number of benzene rings is 1. The molecule has 4 nitrogen and oxygen atoms in total. The van der Waals surface area contributed by atoms with Crippen LogP contribution in [0.15, 0.2) is 23.1 Å². The molecule has 2 N–H and O–H groups in total. The fourth-order valence-electron chi connectivity index (χ4n) is 1.48. The molecule has 17 heavy (non-hydrogen) atoms. The maximum absolute atomic E-state index is 8.57. The first-order chi connectivity index (χ1) is 8.29. The lowest BCUT2D eigenvalue weighted by atomic mass is 10.3. The minimum Gasteiger partial charge on any atom is -0.486 e. The molecule has 90 valence electrons. The Bertz CT molecular complexity index is 431. The van der Waals surface area contributed by atoms with E-state index in [2.05, 4.69) is 0 Å². The second-order valence-corrected chi connectivity index (χ2v) is 4.85. The molecule has 0 bridgehead atoms. The van der Waals surface area contributed by atoms with E-state index in [4.69, 9.17) is 20.5 Å². The molecule has 0 aliphatic carbocycles. The van der Waals surface area contributed by atoms with Crippen LogP contribution in [0.1, 0.15) is 6.42 Å². The van der Waals surface area contributed by atoms with E-state index in [0.29, 0.717) is 19.6 Å². The third-order valence-corrected chi connectivity index (χ3v) is 3.40. The highest BCUT2D eigenvalue weighted by Crippen LogP contribution is 2.34. The summed E-state index contributed by atoms with van der Waals surface area (Å²) in [5, 5.41) is 8.57. The van der Waals surface area contributed by atoms with Gasteiger partial charge in [-0.05, 0) is 24.6 Å². The number of hydrogen-bond donors (Lipinski definition) is 1. The zero-order valence-corrected chi connectivity index (χ0v) is 10.2. The van der Waals surface area contributed by atoms with Crippen molar-refractivity contribution in [1.29, 1.82) is 5.26 Å². The van der Waals surface area contributed by atoms with E-state index < -0.39 is 0 Å². The molecule has 1 aliphatic rings. The third-order valence-electron chi connectivity index (χ3n) is 2.38. The maximum atomic E-state index is 8.57. The molecule has 0 amide bonds. The molecule has 1 aliphatic heterocycles. The number of rotatable bonds is 4. The summed E-state index contributed by atoms with van der Waals surface area (Å²) in [7, 11) is 0. The molecular weight excluding hydrogens is 236 g/mol. The first-order valence-electron chi connectivity index (χ1n) is 5.47. The van der Waals surface area contributed by atoms with Crippen molar-refractivity contribution in [3.63, 3.8) is 0 Å². The number of hydrogen-bond acceptors (Lipinski definition) is 5. The van der Waals surface area contributed by atoms with Crippen LogP contribution in [-0.4, -0.2) is 25.0 Å². The van der Waals surface area contributed by atoms with E-state index in [1.54, 1.807) is 11.8 Å². The molecule has 1 heterocycles. The molecule has 1 atom stereocenters. The molecule has 0 aromatic heterocycles. The Kier molecular flexibility index (Phi) is 4.13. The van der Waals surface area contributed by atoms with Gasteiger partial charge in [0.1, 0.15) is 13.2 Å². The average Bonchev–Trinajstić information content (AvgIpc) is 2.38. The van der Waals surface area contributed by atoms with E-state index in [1.165, 1.54) is 0 Å². The van der Waals surface area contributed by atoms with Crippen molar-refractivity contribution in [1.82, 2.24) is 0 Å². The van der Waals surface area contributed by atoms with Gasteiger partial charge < -0.3 is 15.2 Å². The van der Waals surface area contributed by atoms with Crippen molar-refractivity contribution >= 4 is 11.8 Å². The fraction of sp³-hybridized carbons (Fsp3) is 0.417. The first kappa shape index (κ1) is 12.1. The first-order valence-corrected chi connectivity index (χ1v) is 6.46. The van der Waals surface area contributed by atoms with Crippen LogP contribution in [0.4, 0.5) is 0 Å². The van der Waals surface area contributed by atoms with Gasteiger partial charge in [0.05, 0.1) is 12.1 Å². The van der Waals surface area contributed by atoms with Crippen molar-refractivity contribution in [2.45, 2.75) is 17.4 Å². The Hall–Kier alpha value is -1.38. The van der Waals surface area contributed by atoms with Gasteiger partial charge in [-0.1, -0.05) is 0 Å². The van der Waals surface area contributed by atoms with Crippen LogP contribution in [0, 0.1) is 11.3 Å². The largest absolute Gasteiger partial charge is 0.486 e. The van der Waals surface area contributed by atoms with Crippen LogP contribution >= 0.6 is 11.8 Å². The number of nitriles is 1. The highest BCUT2D eigenvalue weighted by atomic mass is 32.2. The summed E-state index contributed by atoms with van der Waals surface area (Å²) in [6, 6.07) is 7.53. The van der Waals surface area contributed by atoms with Crippen LogP contribution in [0.5, 0.6) is 11.5 Å². The molecule has 2 rings (SSSR count). The highest BCUT2D eigenvalue weighted by Gasteiger charge is 2.11. The minimum absolute atomic E-state index is 0.375.